The molecule has 0 bridgehead atoms. The summed E-state index contributed by atoms with van der Waals surface area (Å²) in [4.78, 5) is 42.4. The second kappa shape index (κ2) is 15.7. The maximum absolute atomic E-state index is 12.8. The molecule has 1 heterocycles. The lowest BCUT2D eigenvalue weighted by molar-refractivity contribution is -0.128. The van der Waals surface area contributed by atoms with Gasteiger partial charge in [-0.3, -0.25) is 14.4 Å². The Morgan fingerprint density at radius 1 is 1.11 bits per heavy atom. The van der Waals surface area contributed by atoms with Gasteiger partial charge in [-0.05, 0) is 43.4 Å². The second-order valence-electron chi connectivity index (χ2n) is 7.95. The van der Waals surface area contributed by atoms with Crippen LogP contribution in [0.15, 0.2) is 29.4 Å². The number of aromatic nitrogens is 1. The van der Waals surface area contributed by atoms with Gasteiger partial charge in [0.1, 0.15) is 11.2 Å². The summed E-state index contributed by atoms with van der Waals surface area (Å²) in [6.45, 7) is 1.93. The summed E-state index contributed by atoms with van der Waals surface area (Å²) >= 11 is 1.18. The van der Waals surface area contributed by atoms with Crippen molar-refractivity contribution in [2.75, 3.05) is 31.3 Å². The van der Waals surface area contributed by atoms with E-state index in [-0.39, 0.29) is 30.1 Å². The Kier molecular flexibility index (Phi) is 13.4. The van der Waals surface area contributed by atoms with Gasteiger partial charge in [-0.25, -0.2) is 4.98 Å². The molecule has 0 aliphatic rings. The van der Waals surface area contributed by atoms with E-state index in [2.05, 4.69) is 26.0 Å². The molecule has 192 valence electrons. The predicted octanol–water partition coefficient (Wildman–Crippen LogP) is 3.00. The predicted molar refractivity (Wildman–Crippen MR) is 143 cm³/mol. The van der Waals surface area contributed by atoms with Crippen molar-refractivity contribution in [2.24, 2.45) is 10.9 Å². The number of carbonyl (C=O) groups is 3. The lowest BCUT2D eigenvalue weighted by Crippen LogP contribution is -2.25. The van der Waals surface area contributed by atoms with Gasteiger partial charge >= 0.3 is 0 Å². The van der Waals surface area contributed by atoms with E-state index in [1.807, 2.05) is 24.3 Å². The van der Waals surface area contributed by atoms with Crippen molar-refractivity contribution in [3.8, 4) is 0 Å². The maximum Gasteiger partial charge on any atom is 0.263 e. The first kappa shape index (κ1) is 29.9. The van der Waals surface area contributed by atoms with Gasteiger partial charge in [-0.1, -0.05) is 29.9 Å². The van der Waals surface area contributed by atoms with Crippen molar-refractivity contribution in [1.29, 1.82) is 0 Å². The standard InChI is InChI=1S/C23H33N7O3S.ClH/c1-16(31)28-23-29-19(13-10-17-8-11-18(12-9-17)26-15-27-24)21(34-23)22(33)25-14-6-4-5-7-20(32)30(2)3;/h8-9,11-12,15H,4-7,10,13-14,24H2,1-3H3,(H,25,33)(H,26,27)(H,28,29,31);1H. The highest BCUT2D eigenvalue weighted by Crippen LogP contribution is 2.25. The van der Waals surface area contributed by atoms with Crippen molar-refractivity contribution in [3.05, 3.63) is 40.4 Å². The zero-order valence-electron chi connectivity index (χ0n) is 20.3. The summed E-state index contributed by atoms with van der Waals surface area (Å²) in [5.74, 6) is 4.77. The Bertz CT molecular complexity index is 994. The molecule has 0 spiro atoms. The molecule has 12 heteroatoms. The number of nitrogens with two attached hydrogens (primary N) is 1. The maximum atomic E-state index is 12.8. The van der Waals surface area contributed by atoms with E-state index < -0.39 is 0 Å². The number of anilines is 2. The number of hydrogen-bond acceptors (Lipinski definition) is 7. The first-order chi connectivity index (χ1) is 16.3. The fourth-order valence-electron chi connectivity index (χ4n) is 3.13. The molecule has 0 radical (unpaired) electrons. The molecule has 0 aliphatic heterocycles. The minimum Gasteiger partial charge on any atom is -0.351 e. The van der Waals surface area contributed by atoms with Gasteiger partial charge in [0.2, 0.25) is 11.8 Å². The van der Waals surface area contributed by atoms with Crippen LogP contribution in [0.2, 0.25) is 0 Å². The number of unbranched alkanes of at least 4 members (excludes halogenated alkanes) is 2. The summed E-state index contributed by atoms with van der Waals surface area (Å²) < 4.78 is 0. The van der Waals surface area contributed by atoms with Crippen LogP contribution in [0.3, 0.4) is 0 Å². The van der Waals surface area contributed by atoms with Gasteiger partial charge in [-0.2, -0.15) is 5.10 Å². The third-order valence-electron chi connectivity index (χ3n) is 4.95. The van der Waals surface area contributed by atoms with Crippen LogP contribution in [0.1, 0.15) is 53.5 Å². The van der Waals surface area contributed by atoms with Crippen LogP contribution in [-0.2, 0) is 22.4 Å². The average Bonchev–Trinajstić information content (AvgIpc) is 3.20. The van der Waals surface area contributed by atoms with Gasteiger partial charge in [0.05, 0.1) is 5.69 Å². The minimum atomic E-state index is -0.233. The number of benzene rings is 1. The molecule has 2 aromatic rings. The van der Waals surface area contributed by atoms with Crippen molar-refractivity contribution in [2.45, 2.75) is 45.4 Å². The highest BCUT2D eigenvalue weighted by Gasteiger charge is 2.18. The van der Waals surface area contributed by atoms with Crippen LogP contribution in [0.4, 0.5) is 10.8 Å². The quantitative estimate of drug-likeness (QED) is 0.104. The van der Waals surface area contributed by atoms with Crippen LogP contribution in [0, 0.1) is 0 Å². The van der Waals surface area contributed by atoms with Gasteiger partial charge in [0.15, 0.2) is 5.13 Å². The fourth-order valence-corrected chi connectivity index (χ4v) is 4.10. The number of nitrogens with one attached hydrogen (secondary N) is 3. The summed E-state index contributed by atoms with van der Waals surface area (Å²) in [6.07, 6.45) is 5.60. The van der Waals surface area contributed by atoms with Gasteiger partial charge in [0, 0.05) is 39.7 Å². The normalized spacial score (nSPS) is 10.5. The molecule has 2 rings (SSSR count). The van der Waals surface area contributed by atoms with Crippen LogP contribution < -0.4 is 21.8 Å². The number of nitrogens with zero attached hydrogens (tertiary/aromatic N) is 3. The van der Waals surface area contributed by atoms with Crippen molar-refractivity contribution in [1.82, 2.24) is 15.2 Å². The molecule has 0 saturated heterocycles. The monoisotopic (exact) mass is 523 g/mol. The zero-order valence-corrected chi connectivity index (χ0v) is 21.9. The average molecular weight is 524 g/mol. The molecule has 10 nitrogen and oxygen atoms in total. The van der Waals surface area contributed by atoms with Gasteiger partial charge < -0.3 is 26.7 Å². The molecule has 0 unspecified atom stereocenters. The molecule has 3 amide bonds. The van der Waals surface area contributed by atoms with Crippen LogP contribution in [0.5, 0.6) is 0 Å². The number of rotatable bonds is 13. The number of aryl methyl sites for hydroxylation is 2. The van der Waals surface area contributed by atoms with Crippen LogP contribution in [-0.4, -0.2) is 54.6 Å². The SMILES string of the molecule is CC(=O)Nc1nc(CCc2ccc(NC=NN)cc2)c(C(=O)NCCCCCC(=O)N(C)C)s1.Cl. The molecule has 1 aromatic carbocycles. The highest BCUT2D eigenvalue weighted by molar-refractivity contribution is 7.17. The molecule has 1 aromatic heterocycles. The smallest absolute Gasteiger partial charge is 0.263 e. The molecule has 0 saturated carbocycles. The summed E-state index contributed by atoms with van der Waals surface area (Å²) in [6, 6.07) is 7.80. The van der Waals surface area contributed by atoms with E-state index in [0.717, 1.165) is 30.5 Å². The van der Waals surface area contributed by atoms with E-state index in [9.17, 15) is 14.4 Å². The van der Waals surface area contributed by atoms with Crippen molar-refractivity contribution in [3.63, 3.8) is 0 Å². The van der Waals surface area contributed by atoms with E-state index in [1.54, 1.807) is 19.0 Å². The van der Waals surface area contributed by atoms with Crippen LogP contribution >= 0.6 is 23.7 Å². The zero-order chi connectivity index (χ0) is 24.9. The van der Waals surface area contributed by atoms with Crippen molar-refractivity contribution >= 4 is 58.6 Å². The number of hydrogen-bond donors (Lipinski definition) is 4. The van der Waals surface area contributed by atoms with Crippen LogP contribution in [0.25, 0.3) is 0 Å². The topological polar surface area (TPSA) is 142 Å². The highest BCUT2D eigenvalue weighted by atomic mass is 35.5. The van der Waals surface area contributed by atoms with E-state index in [1.165, 1.54) is 24.6 Å². The Morgan fingerprint density at radius 3 is 2.46 bits per heavy atom. The lowest BCUT2D eigenvalue weighted by atomic mass is 10.1. The first-order valence-corrected chi connectivity index (χ1v) is 11.9. The minimum absolute atomic E-state index is 0. The van der Waals surface area contributed by atoms with E-state index in [4.69, 9.17) is 5.84 Å². The molecule has 0 aliphatic carbocycles. The Morgan fingerprint density at radius 2 is 1.83 bits per heavy atom. The number of thiazole rings is 1. The second-order valence-corrected chi connectivity index (χ2v) is 8.95. The third-order valence-corrected chi connectivity index (χ3v) is 5.96. The summed E-state index contributed by atoms with van der Waals surface area (Å²) in [7, 11) is 3.49. The number of hydrazone groups is 1. The Balaban J connectivity index is 0.00000612. The number of carbonyl (C=O) groups excluding carboxylic acids is 3. The summed E-state index contributed by atoms with van der Waals surface area (Å²) in [5, 5.41) is 12.4. The lowest BCUT2D eigenvalue weighted by Gasteiger charge is -2.09. The fraction of sp³-hybridized carbons (Fsp3) is 0.435. The first-order valence-electron chi connectivity index (χ1n) is 11.1. The molecular formula is C23H34ClN7O3S. The van der Waals surface area contributed by atoms with E-state index in [0.29, 0.717) is 41.5 Å². The van der Waals surface area contributed by atoms with Gasteiger partial charge in [0.25, 0.3) is 5.91 Å². The van der Waals surface area contributed by atoms with Gasteiger partial charge in [-0.15, -0.1) is 12.4 Å². The van der Waals surface area contributed by atoms with Crippen molar-refractivity contribution < 1.29 is 14.4 Å². The number of amides is 3. The molecule has 0 fully saturated rings. The Hall–Kier alpha value is -3.18. The molecular weight excluding hydrogens is 490 g/mol. The molecule has 35 heavy (non-hydrogen) atoms. The molecule has 5 N–H and O–H groups in total. The van der Waals surface area contributed by atoms with E-state index >= 15 is 0 Å². The Labute approximate surface area is 216 Å². The third kappa shape index (κ3) is 10.7. The number of halogens is 1. The summed E-state index contributed by atoms with van der Waals surface area (Å²) in [5.41, 5.74) is 2.61. The molecule has 0 atom stereocenters. The largest absolute Gasteiger partial charge is 0.351 e.